The molecule has 4 nitrogen and oxygen atoms in total. The van der Waals surface area contributed by atoms with Crippen molar-refractivity contribution in [3.63, 3.8) is 0 Å². The Hall–Kier alpha value is -2.01. The number of nitrogens with one attached hydrogen (secondary N) is 1. The van der Waals surface area contributed by atoms with E-state index in [1.54, 1.807) is 0 Å². The zero-order valence-corrected chi connectivity index (χ0v) is 13.1. The summed E-state index contributed by atoms with van der Waals surface area (Å²) in [5, 5.41) is 3.49. The average molecular weight is 344 g/mol. The Morgan fingerprint density at radius 2 is 2.14 bits per heavy atom. The van der Waals surface area contributed by atoms with Gasteiger partial charge in [-0.1, -0.05) is 28.1 Å². The third kappa shape index (κ3) is 2.17. The largest absolute Gasteiger partial charge is 0.423 e. The van der Waals surface area contributed by atoms with Gasteiger partial charge in [-0.15, -0.1) is 0 Å². The van der Waals surface area contributed by atoms with Gasteiger partial charge in [-0.2, -0.15) is 4.98 Å². The zero-order valence-electron chi connectivity index (χ0n) is 11.5. The van der Waals surface area contributed by atoms with Gasteiger partial charge in [0, 0.05) is 17.1 Å². The Morgan fingerprint density at radius 1 is 1.29 bits per heavy atom. The van der Waals surface area contributed by atoms with Gasteiger partial charge >= 0.3 is 6.01 Å². The summed E-state index contributed by atoms with van der Waals surface area (Å²) < 4.78 is 6.96. The Balaban J connectivity index is 1.86. The lowest BCUT2D eigenvalue weighted by atomic mass is 10.1. The molecule has 4 rings (SSSR count). The Bertz CT molecular complexity index is 781. The highest BCUT2D eigenvalue weighted by atomic mass is 79.9. The van der Waals surface area contributed by atoms with Crippen LogP contribution in [0.2, 0.25) is 0 Å². The van der Waals surface area contributed by atoms with Gasteiger partial charge < -0.3 is 9.73 Å². The number of rotatable bonds is 1. The van der Waals surface area contributed by atoms with Crippen molar-refractivity contribution in [1.29, 1.82) is 0 Å². The van der Waals surface area contributed by atoms with E-state index in [2.05, 4.69) is 50.2 Å². The van der Waals surface area contributed by atoms with Crippen LogP contribution in [0.5, 0.6) is 0 Å². The number of halogens is 1. The second kappa shape index (κ2) is 4.77. The van der Waals surface area contributed by atoms with Crippen LogP contribution in [0, 0.1) is 0 Å². The van der Waals surface area contributed by atoms with Gasteiger partial charge in [0.15, 0.2) is 5.58 Å². The first kappa shape index (κ1) is 12.7. The zero-order chi connectivity index (χ0) is 14.4. The van der Waals surface area contributed by atoms with Crippen LogP contribution in [0.1, 0.15) is 6.92 Å². The number of para-hydroxylation sites is 2. The summed E-state index contributed by atoms with van der Waals surface area (Å²) >= 11 is 3.53. The molecule has 0 fully saturated rings. The van der Waals surface area contributed by atoms with Crippen molar-refractivity contribution in [3.8, 4) is 0 Å². The maximum Gasteiger partial charge on any atom is 0.303 e. The molecule has 2 heterocycles. The van der Waals surface area contributed by atoms with Gasteiger partial charge in [-0.3, -0.25) is 4.90 Å². The highest BCUT2D eigenvalue weighted by Crippen LogP contribution is 2.38. The lowest BCUT2D eigenvalue weighted by molar-refractivity contribution is 0.580. The van der Waals surface area contributed by atoms with Crippen LogP contribution in [0.25, 0.3) is 11.1 Å². The molecule has 21 heavy (non-hydrogen) atoms. The average Bonchev–Trinajstić information content (AvgIpc) is 2.90. The number of oxazole rings is 1. The summed E-state index contributed by atoms with van der Waals surface area (Å²) in [6.07, 6.45) is 0. The van der Waals surface area contributed by atoms with Crippen molar-refractivity contribution in [1.82, 2.24) is 4.98 Å². The lowest BCUT2D eigenvalue weighted by Crippen LogP contribution is -2.37. The molecule has 1 aliphatic heterocycles. The summed E-state index contributed by atoms with van der Waals surface area (Å²) in [5.41, 5.74) is 3.87. The van der Waals surface area contributed by atoms with Crippen molar-refractivity contribution in [2.75, 3.05) is 16.8 Å². The normalized spacial score (nSPS) is 17.6. The molecule has 2 aromatic carbocycles. The summed E-state index contributed by atoms with van der Waals surface area (Å²) in [6, 6.07) is 15.0. The number of benzene rings is 2. The maximum absolute atomic E-state index is 5.92. The number of aromatic nitrogens is 1. The molecular formula is C16H14BrN3O. The predicted octanol–water partition coefficient (Wildman–Crippen LogP) is 4.54. The van der Waals surface area contributed by atoms with Crippen molar-refractivity contribution in [3.05, 3.63) is 46.9 Å². The van der Waals surface area contributed by atoms with E-state index >= 15 is 0 Å². The van der Waals surface area contributed by atoms with Crippen LogP contribution in [-0.2, 0) is 0 Å². The van der Waals surface area contributed by atoms with Crippen LogP contribution in [0.15, 0.2) is 51.4 Å². The van der Waals surface area contributed by atoms with Gasteiger partial charge in [0.05, 0.1) is 11.4 Å². The van der Waals surface area contributed by atoms with Crippen molar-refractivity contribution >= 4 is 44.4 Å². The molecule has 0 saturated carbocycles. The molecule has 106 valence electrons. The molecule has 0 amide bonds. The second-order valence-electron chi connectivity index (χ2n) is 5.28. The number of anilines is 3. The molecule has 1 aromatic heterocycles. The molecule has 1 unspecified atom stereocenters. The second-order valence-corrected chi connectivity index (χ2v) is 6.20. The molecule has 1 N–H and O–H groups in total. The van der Waals surface area contributed by atoms with E-state index in [9.17, 15) is 0 Å². The molecule has 1 atom stereocenters. The monoisotopic (exact) mass is 343 g/mol. The fourth-order valence-corrected chi connectivity index (χ4v) is 3.04. The molecule has 1 aliphatic rings. The van der Waals surface area contributed by atoms with E-state index < -0.39 is 0 Å². The van der Waals surface area contributed by atoms with Crippen LogP contribution in [0.4, 0.5) is 17.4 Å². The minimum Gasteiger partial charge on any atom is -0.423 e. The van der Waals surface area contributed by atoms with Crippen molar-refractivity contribution < 1.29 is 4.42 Å². The molecule has 0 spiro atoms. The molecule has 0 saturated heterocycles. The highest BCUT2D eigenvalue weighted by Gasteiger charge is 2.26. The summed E-state index contributed by atoms with van der Waals surface area (Å²) in [7, 11) is 0. The summed E-state index contributed by atoms with van der Waals surface area (Å²) in [5.74, 6) is 0. The van der Waals surface area contributed by atoms with Crippen LogP contribution >= 0.6 is 15.9 Å². The van der Waals surface area contributed by atoms with Crippen LogP contribution < -0.4 is 10.2 Å². The summed E-state index contributed by atoms with van der Waals surface area (Å²) in [6.45, 7) is 2.97. The predicted molar refractivity (Wildman–Crippen MR) is 88.2 cm³/mol. The lowest BCUT2D eigenvalue weighted by Gasteiger charge is -2.33. The van der Waals surface area contributed by atoms with Gasteiger partial charge in [0.2, 0.25) is 0 Å². The fraction of sp³-hybridized carbons (Fsp3) is 0.188. The Kier molecular flexibility index (Phi) is 2.89. The quantitative estimate of drug-likeness (QED) is 0.704. The van der Waals surface area contributed by atoms with E-state index in [1.807, 2.05) is 30.3 Å². The first-order chi connectivity index (χ1) is 10.2. The Labute approximate surface area is 130 Å². The molecule has 0 radical (unpaired) electrons. The highest BCUT2D eigenvalue weighted by molar-refractivity contribution is 9.10. The van der Waals surface area contributed by atoms with Crippen LogP contribution in [-0.4, -0.2) is 17.6 Å². The molecule has 3 aromatic rings. The van der Waals surface area contributed by atoms with E-state index in [4.69, 9.17) is 4.42 Å². The fourth-order valence-electron chi connectivity index (χ4n) is 2.69. The SMILES string of the molecule is CC1CN(c2nc3ccccc3o2)c2cc(Br)ccc2N1. The van der Waals surface area contributed by atoms with Crippen molar-refractivity contribution in [2.45, 2.75) is 13.0 Å². The standard InChI is InChI=1S/C16H14BrN3O/c1-10-9-20(14-8-11(17)6-7-12(14)18-10)16-19-13-4-2-3-5-15(13)21-16/h2-8,10,18H,9H2,1H3. The molecule has 0 aliphatic carbocycles. The summed E-state index contributed by atoms with van der Waals surface area (Å²) in [4.78, 5) is 6.74. The molecular weight excluding hydrogens is 330 g/mol. The number of fused-ring (bicyclic) bond motifs is 2. The topological polar surface area (TPSA) is 41.3 Å². The van der Waals surface area contributed by atoms with E-state index in [0.717, 1.165) is 33.5 Å². The van der Waals surface area contributed by atoms with Gasteiger partial charge in [-0.05, 0) is 37.3 Å². The first-order valence-corrected chi connectivity index (χ1v) is 7.69. The molecule has 5 heteroatoms. The smallest absolute Gasteiger partial charge is 0.303 e. The third-order valence-corrected chi connectivity index (χ3v) is 4.12. The van der Waals surface area contributed by atoms with E-state index in [0.29, 0.717) is 12.1 Å². The minimum atomic E-state index is 0.327. The van der Waals surface area contributed by atoms with Gasteiger partial charge in [-0.25, -0.2) is 0 Å². The molecule has 0 bridgehead atoms. The number of hydrogen-bond donors (Lipinski definition) is 1. The van der Waals surface area contributed by atoms with E-state index in [1.165, 1.54) is 0 Å². The number of nitrogens with zero attached hydrogens (tertiary/aromatic N) is 2. The number of hydrogen-bond acceptors (Lipinski definition) is 4. The maximum atomic E-state index is 5.92. The van der Waals surface area contributed by atoms with Gasteiger partial charge in [0.1, 0.15) is 5.52 Å². The first-order valence-electron chi connectivity index (χ1n) is 6.90. The van der Waals surface area contributed by atoms with Gasteiger partial charge in [0.25, 0.3) is 0 Å². The van der Waals surface area contributed by atoms with Crippen molar-refractivity contribution in [2.24, 2.45) is 0 Å². The third-order valence-electron chi connectivity index (χ3n) is 3.62. The Morgan fingerprint density at radius 3 is 3.00 bits per heavy atom. The van der Waals surface area contributed by atoms with E-state index in [-0.39, 0.29) is 0 Å². The van der Waals surface area contributed by atoms with Crippen LogP contribution in [0.3, 0.4) is 0 Å². The minimum absolute atomic E-state index is 0.327.